The largest absolute Gasteiger partial charge is 0.468 e. The van der Waals surface area contributed by atoms with Crippen molar-refractivity contribution in [1.29, 1.82) is 0 Å². The molecule has 0 radical (unpaired) electrons. The molecule has 0 aliphatic heterocycles. The van der Waals surface area contributed by atoms with Gasteiger partial charge in [0.15, 0.2) is 0 Å². The Kier molecular flexibility index (Phi) is 6.73. The number of benzene rings is 1. The maximum atomic E-state index is 12.3. The normalized spacial score (nSPS) is 10.4. The molecule has 0 atom stereocenters. The molecule has 0 aliphatic rings. The molecule has 5 nitrogen and oxygen atoms in total. The quantitative estimate of drug-likeness (QED) is 0.710. The predicted molar refractivity (Wildman–Crippen MR) is 78.6 cm³/mol. The maximum absolute atomic E-state index is 12.3. The van der Waals surface area contributed by atoms with E-state index in [4.69, 9.17) is 0 Å². The van der Waals surface area contributed by atoms with Crippen LogP contribution < -0.4 is 4.90 Å². The number of carbonyl (C=O) groups excluding carboxylic acids is 2. The number of ether oxygens (including phenoxy) is 1. The Labute approximate surface area is 120 Å². The molecular formula is C15H22N2O3. The van der Waals surface area contributed by atoms with E-state index in [-0.39, 0.29) is 25.0 Å². The Balaban J connectivity index is 2.69. The van der Waals surface area contributed by atoms with E-state index in [1.807, 2.05) is 44.2 Å². The Morgan fingerprint density at radius 1 is 1.05 bits per heavy atom. The van der Waals surface area contributed by atoms with Crippen LogP contribution in [0.2, 0.25) is 0 Å². The van der Waals surface area contributed by atoms with Gasteiger partial charge in [0.1, 0.15) is 0 Å². The summed E-state index contributed by atoms with van der Waals surface area (Å²) in [6, 6.07) is 9.52. The summed E-state index contributed by atoms with van der Waals surface area (Å²) in [7, 11) is 1.35. The van der Waals surface area contributed by atoms with E-state index in [0.29, 0.717) is 13.1 Å². The Morgan fingerprint density at radius 3 is 2.20 bits per heavy atom. The maximum Gasteiger partial charge on any atom is 0.319 e. The van der Waals surface area contributed by atoms with E-state index in [1.54, 1.807) is 9.80 Å². The van der Waals surface area contributed by atoms with Gasteiger partial charge in [-0.15, -0.1) is 0 Å². The van der Waals surface area contributed by atoms with Gasteiger partial charge in [0, 0.05) is 12.2 Å². The van der Waals surface area contributed by atoms with Crippen molar-refractivity contribution in [3.05, 3.63) is 30.3 Å². The van der Waals surface area contributed by atoms with Gasteiger partial charge >= 0.3 is 5.97 Å². The first kappa shape index (κ1) is 16.2. The van der Waals surface area contributed by atoms with Gasteiger partial charge in [0.05, 0.1) is 20.2 Å². The van der Waals surface area contributed by atoms with Crippen LogP contribution in [-0.4, -0.2) is 50.1 Å². The average molecular weight is 278 g/mol. The molecule has 0 saturated heterocycles. The van der Waals surface area contributed by atoms with E-state index in [9.17, 15) is 9.59 Å². The van der Waals surface area contributed by atoms with Crippen molar-refractivity contribution in [3.63, 3.8) is 0 Å². The van der Waals surface area contributed by atoms with Gasteiger partial charge in [-0.1, -0.05) is 25.1 Å². The minimum atomic E-state index is -0.331. The van der Waals surface area contributed by atoms with E-state index in [1.165, 1.54) is 7.11 Å². The van der Waals surface area contributed by atoms with Gasteiger partial charge in [-0.3, -0.25) is 14.5 Å². The van der Waals surface area contributed by atoms with Crippen LogP contribution in [0.3, 0.4) is 0 Å². The van der Waals surface area contributed by atoms with Crippen LogP contribution in [-0.2, 0) is 14.3 Å². The summed E-state index contributed by atoms with van der Waals surface area (Å²) >= 11 is 0. The molecule has 0 unspecified atom stereocenters. The van der Waals surface area contributed by atoms with Crippen molar-refractivity contribution in [2.45, 2.75) is 13.8 Å². The fourth-order valence-electron chi connectivity index (χ4n) is 1.91. The number of likely N-dealkylation sites (N-methyl/N-ethyl adjacent to an activating group) is 2. The number of nitrogens with zero attached hydrogens (tertiary/aromatic N) is 2. The first-order valence-corrected chi connectivity index (χ1v) is 6.76. The molecule has 1 aromatic rings. The summed E-state index contributed by atoms with van der Waals surface area (Å²) in [5.41, 5.74) is 0.870. The highest BCUT2D eigenvalue weighted by Gasteiger charge is 2.18. The molecule has 1 amide bonds. The zero-order valence-electron chi connectivity index (χ0n) is 12.3. The fraction of sp³-hybridized carbons (Fsp3) is 0.467. The van der Waals surface area contributed by atoms with Crippen LogP contribution in [0.4, 0.5) is 5.69 Å². The van der Waals surface area contributed by atoms with Crippen LogP contribution in [0.15, 0.2) is 30.3 Å². The summed E-state index contributed by atoms with van der Waals surface area (Å²) in [4.78, 5) is 27.1. The number of amides is 1. The number of anilines is 1. The second kappa shape index (κ2) is 8.32. The molecule has 0 N–H and O–H groups in total. The molecule has 0 aliphatic carbocycles. The zero-order chi connectivity index (χ0) is 15.0. The molecular weight excluding hydrogens is 256 g/mol. The van der Waals surface area contributed by atoms with Crippen molar-refractivity contribution in [2.75, 3.05) is 38.2 Å². The second-order valence-electron chi connectivity index (χ2n) is 4.35. The lowest BCUT2D eigenvalue weighted by molar-refractivity contribution is -0.142. The van der Waals surface area contributed by atoms with Gasteiger partial charge in [-0.25, -0.2) is 0 Å². The fourth-order valence-corrected chi connectivity index (χ4v) is 1.91. The standard InChI is InChI=1S/C15H22N2O3/c1-4-16(12-15(19)20-3)11-14(18)17(5-2)13-9-7-6-8-10-13/h6-10H,4-5,11-12H2,1-3H3. The average Bonchev–Trinajstić information content (AvgIpc) is 2.48. The topological polar surface area (TPSA) is 49.9 Å². The summed E-state index contributed by atoms with van der Waals surface area (Å²) in [5.74, 6) is -0.355. The smallest absolute Gasteiger partial charge is 0.319 e. The van der Waals surface area contributed by atoms with Crippen molar-refractivity contribution < 1.29 is 14.3 Å². The number of hydrogen-bond acceptors (Lipinski definition) is 4. The molecule has 0 spiro atoms. The van der Waals surface area contributed by atoms with Gasteiger partial charge in [0.2, 0.25) is 5.91 Å². The molecule has 110 valence electrons. The molecule has 0 saturated carbocycles. The molecule has 0 fully saturated rings. The first-order valence-electron chi connectivity index (χ1n) is 6.76. The van der Waals surface area contributed by atoms with Crippen LogP contribution in [0.1, 0.15) is 13.8 Å². The molecule has 1 rings (SSSR count). The van der Waals surface area contributed by atoms with Crippen LogP contribution in [0.5, 0.6) is 0 Å². The van der Waals surface area contributed by atoms with Crippen LogP contribution in [0.25, 0.3) is 0 Å². The van der Waals surface area contributed by atoms with Crippen LogP contribution >= 0.6 is 0 Å². The number of hydrogen-bond donors (Lipinski definition) is 0. The Bertz CT molecular complexity index is 434. The third kappa shape index (κ3) is 4.66. The van der Waals surface area contributed by atoms with Gasteiger partial charge < -0.3 is 9.64 Å². The summed E-state index contributed by atoms with van der Waals surface area (Å²) in [5, 5.41) is 0. The second-order valence-corrected chi connectivity index (χ2v) is 4.35. The molecule has 20 heavy (non-hydrogen) atoms. The van der Waals surface area contributed by atoms with Crippen molar-refractivity contribution in [3.8, 4) is 0 Å². The van der Waals surface area contributed by atoms with Crippen LogP contribution in [0, 0.1) is 0 Å². The summed E-state index contributed by atoms with van der Waals surface area (Å²) in [6.07, 6.45) is 0. The third-order valence-corrected chi connectivity index (χ3v) is 3.07. The van der Waals surface area contributed by atoms with E-state index >= 15 is 0 Å². The van der Waals surface area contributed by atoms with Crippen molar-refractivity contribution in [1.82, 2.24) is 4.90 Å². The number of para-hydroxylation sites is 1. The number of esters is 1. The highest BCUT2D eigenvalue weighted by molar-refractivity contribution is 5.94. The monoisotopic (exact) mass is 278 g/mol. The van der Waals surface area contributed by atoms with E-state index < -0.39 is 0 Å². The number of rotatable bonds is 7. The molecule has 0 aromatic heterocycles. The minimum Gasteiger partial charge on any atom is -0.468 e. The summed E-state index contributed by atoms with van der Waals surface area (Å²) < 4.78 is 4.63. The number of carbonyl (C=O) groups is 2. The predicted octanol–water partition coefficient (Wildman–Crippen LogP) is 1.53. The Hall–Kier alpha value is -1.88. The molecule has 0 heterocycles. The lowest BCUT2D eigenvalue weighted by Crippen LogP contribution is -2.42. The lowest BCUT2D eigenvalue weighted by Gasteiger charge is -2.25. The van der Waals surface area contributed by atoms with Crippen molar-refractivity contribution >= 4 is 17.6 Å². The molecule has 5 heteroatoms. The molecule has 0 bridgehead atoms. The van der Waals surface area contributed by atoms with E-state index in [0.717, 1.165) is 5.69 Å². The third-order valence-electron chi connectivity index (χ3n) is 3.07. The first-order chi connectivity index (χ1) is 9.62. The SMILES string of the molecule is CCN(CC(=O)OC)CC(=O)N(CC)c1ccccc1. The summed E-state index contributed by atoms with van der Waals surface area (Å²) in [6.45, 7) is 5.39. The molecule has 1 aromatic carbocycles. The minimum absolute atomic E-state index is 0.0237. The van der Waals surface area contributed by atoms with Gasteiger partial charge in [-0.2, -0.15) is 0 Å². The van der Waals surface area contributed by atoms with Crippen molar-refractivity contribution in [2.24, 2.45) is 0 Å². The highest BCUT2D eigenvalue weighted by Crippen LogP contribution is 2.13. The van der Waals surface area contributed by atoms with Gasteiger partial charge in [-0.05, 0) is 25.6 Å². The lowest BCUT2D eigenvalue weighted by atomic mass is 10.2. The highest BCUT2D eigenvalue weighted by atomic mass is 16.5. The Morgan fingerprint density at radius 2 is 1.70 bits per heavy atom. The van der Waals surface area contributed by atoms with Gasteiger partial charge in [0.25, 0.3) is 0 Å². The van der Waals surface area contributed by atoms with E-state index in [2.05, 4.69) is 4.74 Å². The zero-order valence-corrected chi connectivity index (χ0v) is 12.3. The number of methoxy groups -OCH3 is 1.